The summed E-state index contributed by atoms with van der Waals surface area (Å²) < 4.78 is 10.6. The zero-order chi connectivity index (χ0) is 19.4. The van der Waals surface area contributed by atoms with Crippen LogP contribution in [0.1, 0.15) is 31.4 Å². The van der Waals surface area contributed by atoms with Gasteiger partial charge in [-0.3, -0.25) is 4.79 Å². The first-order chi connectivity index (χ1) is 12.2. The van der Waals surface area contributed by atoms with Crippen LogP contribution in [0.15, 0.2) is 27.4 Å². The van der Waals surface area contributed by atoms with Gasteiger partial charge in [0.1, 0.15) is 11.3 Å². The molecule has 0 bridgehead atoms. The summed E-state index contributed by atoms with van der Waals surface area (Å²) in [6.45, 7) is 6.71. The van der Waals surface area contributed by atoms with Crippen molar-refractivity contribution in [1.82, 2.24) is 5.32 Å². The fourth-order valence-electron chi connectivity index (χ4n) is 2.55. The molecule has 2 rings (SSSR count). The molecule has 0 radical (unpaired) electrons. The lowest BCUT2D eigenvalue weighted by Crippen LogP contribution is -2.52. The maximum atomic E-state index is 12.0. The maximum Gasteiger partial charge on any atom is 0.339 e. The van der Waals surface area contributed by atoms with Crippen molar-refractivity contribution in [3.63, 3.8) is 0 Å². The maximum absolute atomic E-state index is 12.0. The minimum absolute atomic E-state index is 0.259. The summed E-state index contributed by atoms with van der Waals surface area (Å²) in [5.41, 5.74) is 1.31. The molecule has 2 atom stereocenters. The van der Waals surface area contributed by atoms with Gasteiger partial charge in [-0.25, -0.2) is 4.79 Å². The van der Waals surface area contributed by atoms with Gasteiger partial charge in [0, 0.05) is 17.0 Å². The molecule has 1 heterocycles. The molecule has 1 amide bonds. The summed E-state index contributed by atoms with van der Waals surface area (Å²) >= 11 is 0. The molecular weight excluding hydrogens is 338 g/mol. The van der Waals surface area contributed by atoms with Crippen molar-refractivity contribution in [2.24, 2.45) is 5.92 Å². The van der Waals surface area contributed by atoms with Crippen LogP contribution in [-0.4, -0.2) is 24.5 Å². The molecule has 1 aromatic carbocycles. The number of ether oxygens (including phenoxy) is 1. The van der Waals surface area contributed by atoms with E-state index in [1.807, 2.05) is 13.8 Å². The van der Waals surface area contributed by atoms with Crippen LogP contribution in [0.3, 0.4) is 0 Å². The van der Waals surface area contributed by atoms with Gasteiger partial charge in [0.2, 0.25) is 0 Å². The molecule has 1 aromatic heterocycles. The van der Waals surface area contributed by atoms with Crippen LogP contribution in [0.25, 0.3) is 11.0 Å². The molecule has 0 aliphatic carbocycles. The molecular formula is C19H22NO6-. The van der Waals surface area contributed by atoms with Crippen molar-refractivity contribution in [2.75, 3.05) is 6.61 Å². The molecule has 140 valence electrons. The molecule has 0 aliphatic heterocycles. The Bertz CT molecular complexity index is 885. The van der Waals surface area contributed by atoms with Gasteiger partial charge in [-0.1, -0.05) is 20.3 Å². The molecule has 0 saturated heterocycles. The van der Waals surface area contributed by atoms with Gasteiger partial charge in [-0.05, 0) is 37.5 Å². The van der Waals surface area contributed by atoms with Gasteiger partial charge in [-0.15, -0.1) is 0 Å². The van der Waals surface area contributed by atoms with Crippen molar-refractivity contribution in [2.45, 2.75) is 40.2 Å². The first-order valence-electron chi connectivity index (χ1n) is 8.41. The van der Waals surface area contributed by atoms with E-state index >= 15 is 0 Å². The van der Waals surface area contributed by atoms with Crippen molar-refractivity contribution in [3.8, 4) is 5.75 Å². The largest absolute Gasteiger partial charge is 0.548 e. The second-order valence-corrected chi connectivity index (χ2v) is 6.34. The number of rotatable bonds is 7. The lowest BCUT2D eigenvalue weighted by molar-refractivity contribution is -0.309. The molecule has 0 saturated carbocycles. The van der Waals surface area contributed by atoms with Crippen LogP contribution in [-0.2, 0) is 9.59 Å². The molecule has 1 N–H and O–H groups in total. The summed E-state index contributed by atoms with van der Waals surface area (Å²) in [6.07, 6.45) is 0.586. The van der Waals surface area contributed by atoms with E-state index in [1.165, 1.54) is 6.07 Å². The Hall–Kier alpha value is -2.83. The number of aliphatic carboxylic acids is 1. The van der Waals surface area contributed by atoms with E-state index in [0.29, 0.717) is 23.3 Å². The van der Waals surface area contributed by atoms with Crippen LogP contribution in [0.5, 0.6) is 5.75 Å². The summed E-state index contributed by atoms with van der Waals surface area (Å²) in [5, 5.41) is 14.3. The molecule has 7 nitrogen and oxygen atoms in total. The first-order valence-corrected chi connectivity index (χ1v) is 8.41. The fraction of sp³-hybridized carbons (Fsp3) is 0.421. The van der Waals surface area contributed by atoms with Crippen LogP contribution in [0, 0.1) is 19.8 Å². The van der Waals surface area contributed by atoms with E-state index < -0.39 is 23.5 Å². The highest BCUT2D eigenvalue weighted by molar-refractivity contribution is 5.84. The first kappa shape index (κ1) is 19.5. The van der Waals surface area contributed by atoms with E-state index in [4.69, 9.17) is 9.15 Å². The quantitative estimate of drug-likeness (QED) is 0.740. The van der Waals surface area contributed by atoms with E-state index in [1.54, 1.807) is 26.0 Å². The predicted molar refractivity (Wildman–Crippen MR) is 93.8 cm³/mol. The number of carbonyl (C=O) groups excluding carboxylic acids is 2. The average Bonchev–Trinajstić information content (AvgIpc) is 2.61. The van der Waals surface area contributed by atoms with Crippen molar-refractivity contribution >= 4 is 22.8 Å². The number of fused-ring (bicyclic) bond motifs is 1. The number of hydrogen-bond acceptors (Lipinski definition) is 6. The number of benzene rings is 1. The van der Waals surface area contributed by atoms with Gasteiger partial charge in [-0.2, -0.15) is 0 Å². The standard InChI is InChI=1S/C19H23NO6/c1-5-10(2)17(18(22)23)20-16(21)9-25-13-6-7-14-11(3)12(4)19(24)26-15(14)8-13/h6-8,10,17H,5,9H2,1-4H3,(H,20,21)(H,22,23)/p-1/t10-,17-/m0/s1. The average molecular weight is 360 g/mol. The minimum Gasteiger partial charge on any atom is -0.548 e. The fourth-order valence-corrected chi connectivity index (χ4v) is 2.55. The highest BCUT2D eigenvalue weighted by atomic mass is 16.5. The van der Waals surface area contributed by atoms with Gasteiger partial charge in [0.15, 0.2) is 6.61 Å². The Morgan fingerprint density at radius 1 is 1.27 bits per heavy atom. The molecule has 7 heteroatoms. The van der Waals surface area contributed by atoms with Crippen LogP contribution < -0.4 is 20.8 Å². The lowest BCUT2D eigenvalue weighted by atomic mass is 9.99. The Balaban J connectivity index is 2.09. The van der Waals surface area contributed by atoms with Gasteiger partial charge in [0.05, 0.1) is 12.0 Å². The van der Waals surface area contributed by atoms with Crippen LogP contribution >= 0.6 is 0 Å². The monoisotopic (exact) mass is 360 g/mol. The summed E-state index contributed by atoms with van der Waals surface area (Å²) in [5.74, 6) is -1.81. The number of nitrogens with one attached hydrogen (secondary N) is 1. The van der Waals surface area contributed by atoms with Crippen LogP contribution in [0.4, 0.5) is 0 Å². The van der Waals surface area contributed by atoms with E-state index in [-0.39, 0.29) is 12.5 Å². The minimum atomic E-state index is -1.33. The second-order valence-electron chi connectivity index (χ2n) is 6.34. The molecule has 0 aliphatic rings. The SMILES string of the molecule is CC[C@H](C)[C@H](NC(=O)COc1ccc2c(C)c(C)c(=O)oc2c1)C(=O)[O-]. The van der Waals surface area contributed by atoms with Crippen molar-refractivity contribution in [1.29, 1.82) is 0 Å². The Morgan fingerprint density at radius 2 is 1.96 bits per heavy atom. The zero-order valence-electron chi connectivity index (χ0n) is 15.3. The second kappa shape index (κ2) is 8.03. The Labute approximate surface area is 151 Å². The zero-order valence-corrected chi connectivity index (χ0v) is 15.3. The third-order valence-corrected chi connectivity index (χ3v) is 4.58. The summed E-state index contributed by atoms with van der Waals surface area (Å²) in [7, 11) is 0. The lowest BCUT2D eigenvalue weighted by Gasteiger charge is -2.25. The highest BCUT2D eigenvalue weighted by Crippen LogP contribution is 2.23. The van der Waals surface area contributed by atoms with E-state index in [0.717, 1.165) is 10.9 Å². The highest BCUT2D eigenvalue weighted by Gasteiger charge is 2.19. The van der Waals surface area contributed by atoms with Gasteiger partial charge < -0.3 is 24.4 Å². The molecule has 2 aromatic rings. The van der Waals surface area contributed by atoms with Gasteiger partial charge >= 0.3 is 5.63 Å². The summed E-state index contributed by atoms with van der Waals surface area (Å²) in [4.78, 5) is 34.9. The number of carbonyl (C=O) groups is 2. The molecule has 26 heavy (non-hydrogen) atoms. The molecule has 0 fully saturated rings. The van der Waals surface area contributed by atoms with E-state index in [2.05, 4.69) is 5.32 Å². The van der Waals surface area contributed by atoms with E-state index in [9.17, 15) is 19.5 Å². The predicted octanol–water partition coefficient (Wildman–Crippen LogP) is 1.07. The normalized spacial score (nSPS) is 13.2. The Morgan fingerprint density at radius 3 is 2.58 bits per heavy atom. The molecule has 0 spiro atoms. The Kier molecular flexibility index (Phi) is 6.02. The molecule has 0 unspecified atom stereocenters. The number of carboxylic acids is 1. The van der Waals surface area contributed by atoms with Crippen molar-refractivity contribution in [3.05, 3.63) is 39.7 Å². The number of aryl methyl sites for hydroxylation is 1. The van der Waals surface area contributed by atoms with Crippen LogP contribution in [0.2, 0.25) is 0 Å². The smallest absolute Gasteiger partial charge is 0.339 e. The van der Waals surface area contributed by atoms with Crippen molar-refractivity contribution < 1.29 is 23.8 Å². The topological polar surface area (TPSA) is 109 Å². The number of amides is 1. The summed E-state index contributed by atoms with van der Waals surface area (Å²) in [6, 6.07) is 3.86. The van der Waals surface area contributed by atoms with Gasteiger partial charge in [0.25, 0.3) is 5.91 Å². The number of carboxylic acid groups (broad SMARTS) is 1. The third-order valence-electron chi connectivity index (χ3n) is 4.58. The third kappa shape index (κ3) is 4.22. The number of hydrogen-bond donors (Lipinski definition) is 1.